The van der Waals surface area contributed by atoms with Crippen molar-refractivity contribution >= 4 is 23.4 Å². The van der Waals surface area contributed by atoms with Crippen LogP contribution in [0, 0.1) is 6.92 Å². The molecule has 0 bridgehead atoms. The number of halogens is 1. The number of aromatic nitrogens is 2. The Morgan fingerprint density at radius 2 is 2.13 bits per heavy atom. The Morgan fingerprint density at radius 3 is 2.87 bits per heavy atom. The smallest absolute Gasteiger partial charge is 0.222 e. The van der Waals surface area contributed by atoms with Gasteiger partial charge in [0, 0.05) is 23.3 Å². The van der Waals surface area contributed by atoms with Crippen molar-refractivity contribution in [3.8, 4) is 0 Å². The summed E-state index contributed by atoms with van der Waals surface area (Å²) in [6, 6.07) is 9.64. The molecule has 1 saturated heterocycles. The van der Waals surface area contributed by atoms with Crippen molar-refractivity contribution in [3.05, 3.63) is 58.8 Å². The molecule has 120 valence electrons. The highest BCUT2D eigenvalue weighted by atomic mass is 35.5. The molecule has 0 spiro atoms. The largest absolute Gasteiger partial charge is 0.375 e. The van der Waals surface area contributed by atoms with E-state index in [0.717, 1.165) is 22.6 Å². The monoisotopic (exact) mass is 330 g/mol. The summed E-state index contributed by atoms with van der Waals surface area (Å²) in [6.45, 7) is 7.63. The number of ether oxygens (including phenoxy) is 1. The summed E-state index contributed by atoms with van der Waals surface area (Å²) < 4.78 is 5.77. The van der Waals surface area contributed by atoms with Crippen LogP contribution in [0.3, 0.4) is 0 Å². The first kappa shape index (κ1) is 15.8. The van der Waals surface area contributed by atoms with Crippen molar-refractivity contribution in [3.63, 3.8) is 0 Å². The summed E-state index contributed by atoms with van der Waals surface area (Å²) >= 11 is 6.40. The minimum Gasteiger partial charge on any atom is -0.375 e. The van der Waals surface area contributed by atoms with Gasteiger partial charge in [-0.3, -0.25) is 0 Å². The van der Waals surface area contributed by atoms with Gasteiger partial charge in [-0.2, -0.15) is 4.98 Å². The fourth-order valence-corrected chi connectivity index (χ4v) is 3.03. The lowest BCUT2D eigenvalue weighted by Gasteiger charge is -2.31. The molecule has 0 radical (unpaired) electrons. The van der Waals surface area contributed by atoms with Gasteiger partial charge in [-0.1, -0.05) is 36.4 Å². The van der Waals surface area contributed by atoms with Gasteiger partial charge in [-0.25, -0.2) is 4.98 Å². The number of nitrogens with zero attached hydrogens (tertiary/aromatic N) is 3. The zero-order valence-corrected chi connectivity index (χ0v) is 13.8. The van der Waals surface area contributed by atoms with Crippen LogP contribution >= 0.6 is 11.6 Å². The molecule has 2 N–H and O–H groups in total. The number of aryl methyl sites for hydroxylation is 1. The summed E-state index contributed by atoms with van der Waals surface area (Å²) in [5.74, 6) is 1.01. The first-order valence-electron chi connectivity index (χ1n) is 7.41. The van der Waals surface area contributed by atoms with Gasteiger partial charge in [0.25, 0.3) is 0 Å². The number of hydrogen-bond acceptors (Lipinski definition) is 5. The lowest BCUT2D eigenvalue weighted by Crippen LogP contribution is -2.32. The molecule has 1 aromatic carbocycles. The zero-order chi connectivity index (χ0) is 16.4. The first-order valence-corrected chi connectivity index (χ1v) is 7.79. The van der Waals surface area contributed by atoms with Gasteiger partial charge in [-0.05, 0) is 24.1 Å². The third-order valence-electron chi connectivity index (χ3n) is 3.77. The van der Waals surface area contributed by atoms with Crippen molar-refractivity contribution in [1.29, 1.82) is 0 Å². The quantitative estimate of drug-likeness (QED) is 0.857. The zero-order valence-electron chi connectivity index (χ0n) is 13.0. The summed E-state index contributed by atoms with van der Waals surface area (Å²) in [4.78, 5) is 10.7. The molecule has 3 rings (SSSR count). The average Bonchev–Trinajstić information content (AvgIpc) is 2.68. The summed E-state index contributed by atoms with van der Waals surface area (Å²) in [5.41, 5.74) is 8.63. The Hall–Kier alpha value is -2.11. The maximum absolute atomic E-state index is 6.40. The molecule has 0 aliphatic carbocycles. The van der Waals surface area contributed by atoms with Crippen LogP contribution in [0.2, 0.25) is 5.02 Å². The van der Waals surface area contributed by atoms with Crippen LogP contribution in [0.1, 0.15) is 17.3 Å². The topological polar surface area (TPSA) is 64.3 Å². The Morgan fingerprint density at radius 1 is 1.35 bits per heavy atom. The van der Waals surface area contributed by atoms with Gasteiger partial charge in [0.1, 0.15) is 5.82 Å². The standard InChI is InChI=1S/C17H19ClN4O/c1-11-8-22(16-7-12(2)20-17(19)21-16)15(10-23-9-11)13-5-3-4-6-14(13)18/h3-7,15H,1,8-10H2,2H3,(H2,19,20,21). The molecule has 2 heterocycles. The van der Waals surface area contributed by atoms with E-state index in [1.807, 2.05) is 37.3 Å². The second kappa shape index (κ2) is 6.56. The molecule has 1 aromatic heterocycles. The van der Waals surface area contributed by atoms with Crippen molar-refractivity contribution < 1.29 is 4.74 Å². The van der Waals surface area contributed by atoms with Crippen LogP contribution in [0.15, 0.2) is 42.5 Å². The number of rotatable bonds is 2. The van der Waals surface area contributed by atoms with E-state index in [2.05, 4.69) is 21.4 Å². The molecule has 1 aliphatic rings. The highest BCUT2D eigenvalue weighted by Crippen LogP contribution is 2.33. The average molecular weight is 331 g/mol. The fraction of sp³-hybridized carbons (Fsp3) is 0.294. The predicted molar refractivity (Wildman–Crippen MR) is 92.7 cm³/mol. The van der Waals surface area contributed by atoms with Crippen LogP contribution in [0.25, 0.3) is 0 Å². The van der Waals surface area contributed by atoms with Crippen LogP contribution < -0.4 is 10.6 Å². The van der Waals surface area contributed by atoms with E-state index in [1.54, 1.807) is 0 Å². The van der Waals surface area contributed by atoms with Crippen LogP contribution in [-0.4, -0.2) is 29.7 Å². The molecule has 1 aliphatic heterocycles. The Balaban J connectivity index is 2.07. The molecule has 0 amide bonds. The van der Waals surface area contributed by atoms with E-state index in [4.69, 9.17) is 22.1 Å². The number of anilines is 2. The fourth-order valence-electron chi connectivity index (χ4n) is 2.77. The molecular weight excluding hydrogens is 312 g/mol. The minimum atomic E-state index is -0.0587. The van der Waals surface area contributed by atoms with Gasteiger partial charge in [0.05, 0.1) is 19.3 Å². The summed E-state index contributed by atoms with van der Waals surface area (Å²) in [6.07, 6.45) is 0. The molecule has 23 heavy (non-hydrogen) atoms. The van der Waals surface area contributed by atoms with Crippen molar-refractivity contribution in [1.82, 2.24) is 9.97 Å². The normalized spacial score (nSPS) is 18.8. The third-order valence-corrected chi connectivity index (χ3v) is 4.11. The van der Waals surface area contributed by atoms with Crippen molar-refractivity contribution in [2.75, 3.05) is 30.4 Å². The maximum Gasteiger partial charge on any atom is 0.222 e. The number of hydrogen-bond donors (Lipinski definition) is 1. The second-order valence-corrected chi connectivity index (χ2v) is 6.06. The van der Waals surface area contributed by atoms with Gasteiger partial charge in [0.2, 0.25) is 5.95 Å². The molecule has 1 unspecified atom stereocenters. The molecule has 0 saturated carbocycles. The van der Waals surface area contributed by atoms with Gasteiger partial charge < -0.3 is 15.4 Å². The molecular formula is C17H19ClN4O. The van der Waals surface area contributed by atoms with Crippen molar-refractivity contribution in [2.45, 2.75) is 13.0 Å². The van der Waals surface area contributed by atoms with E-state index in [1.165, 1.54) is 0 Å². The Kier molecular flexibility index (Phi) is 4.50. The second-order valence-electron chi connectivity index (χ2n) is 5.66. The Bertz CT molecular complexity index is 714. The van der Waals surface area contributed by atoms with Crippen LogP contribution in [0.5, 0.6) is 0 Å². The molecule has 5 nitrogen and oxygen atoms in total. The van der Waals surface area contributed by atoms with E-state index >= 15 is 0 Å². The van der Waals surface area contributed by atoms with Crippen LogP contribution in [0.4, 0.5) is 11.8 Å². The molecule has 1 fully saturated rings. The molecule has 6 heteroatoms. The highest BCUT2D eigenvalue weighted by molar-refractivity contribution is 6.31. The lowest BCUT2D eigenvalue weighted by molar-refractivity contribution is 0.150. The molecule has 1 atom stereocenters. The SMILES string of the molecule is C=C1COCC(c2ccccc2Cl)N(c2cc(C)nc(N)n2)C1. The molecule has 2 aromatic rings. The lowest BCUT2D eigenvalue weighted by atomic mass is 10.1. The minimum absolute atomic E-state index is 0.0587. The Labute approximate surface area is 140 Å². The van der Waals surface area contributed by atoms with E-state index in [-0.39, 0.29) is 12.0 Å². The van der Waals surface area contributed by atoms with Gasteiger partial charge in [0.15, 0.2) is 0 Å². The number of nitrogens with two attached hydrogens (primary N) is 1. The summed E-state index contributed by atoms with van der Waals surface area (Å²) in [7, 11) is 0. The predicted octanol–water partition coefficient (Wildman–Crippen LogP) is 3.15. The number of nitrogen functional groups attached to an aromatic ring is 1. The van der Waals surface area contributed by atoms with E-state index in [0.29, 0.717) is 24.8 Å². The highest BCUT2D eigenvalue weighted by Gasteiger charge is 2.27. The van der Waals surface area contributed by atoms with Crippen LogP contribution in [-0.2, 0) is 4.74 Å². The van der Waals surface area contributed by atoms with E-state index in [9.17, 15) is 0 Å². The summed E-state index contributed by atoms with van der Waals surface area (Å²) in [5, 5.41) is 0.706. The van der Waals surface area contributed by atoms with Gasteiger partial charge >= 0.3 is 0 Å². The van der Waals surface area contributed by atoms with E-state index < -0.39 is 0 Å². The van der Waals surface area contributed by atoms with Gasteiger partial charge in [-0.15, -0.1) is 0 Å². The number of benzene rings is 1. The first-order chi connectivity index (χ1) is 11.0. The third kappa shape index (κ3) is 3.46. The maximum atomic E-state index is 6.40. The van der Waals surface area contributed by atoms with Crippen molar-refractivity contribution in [2.24, 2.45) is 0 Å².